The van der Waals surface area contributed by atoms with Crippen molar-refractivity contribution in [2.24, 2.45) is 19.9 Å². The van der Waals surface area contributed by atoms with Crippen LogP contribution in [0.25, 0.3) is 0 Å². The van der Waals surface area contributed by atoms with Crippen molar-refractivity contribution < 1.29 is 4.79 Å². The van der Waals surface area contributed by atoms with Crippen molar-refractivity contribution in [3.05, 3.63) is 16.1 Å². The van der Waals surface area contributed by atoms with Crippen molar-refractivity contribution in [1.29, 1.82) is 0 Å². The summed E-state index contributed by atoms with van der Waals surface area (Å²) >= 11 is 13.2. The predicted molar refractivity (Wildman–Crippen MR) is 88.7 cm³/mol. The number of rotatable bonds is 3. The Hall–Kier alpha value is -0.950. The summed E-state index contributed by atoms with van der Waals surface area (Å²) in [4.78, 5) is 12.1. The van der Waals surface area contributed by atoms with Crippen LogP contribution in [0.3, 0.4) is 0 Å². The zero-order valence-corrected chi connectivity index (χ0v) is 14.2. The van der Waals surface area contributed by atoms with E-state index in [1.165, 1.54) is 0 Å². The van der Waals surface area contributed by atoms with Crippen LogP contribution in [0.1, 0.15) is 27.2 Å². The molecule has 1 aliphatic rings. The van der Waals surface area contributed by atoms with Crippen molar-refractivity contribution in [2.45, 2.75) is 33.2 Å². The minimum atomic E-state index is -0.257. The average Bonchev–Trinajstić information content (AvgIpc) is 2.82. The summed E-state index contributed by atoms with van der Waals surface area (Å²) in [6, 6.07) is 1.29. The van der Waals surface area contributed by atoms with Crippen molar-refractivity contribution in [3.63, 3.8) is 0 Å². The first-order chi connectivity index (χ1) is 9.70. The van der Waals surface area contributed by atoms with E-state index in [9.17, 15) is 4.79 Å². The topological polar surface area (TPSA) is 79.8 Å². The fraction of sp³-hybridized carbons (Fsp3) is 0.462. The second-order valence-electron chi connectivity index (χ2n) is 5.90. The number of hydrogen-bond acceptors (Lipinski definition) is 4. The molecule has 0 saturated heterocycles. The molecule has 0 spiro atoms. The maximum absolute atomic E-state index is 12.1. The van der Waals surface area contributed by atoms with Gasteiger partial charge in [0.2, 0.25) is 5.91 Å². The predicted octanol–water partition coefficient (Wildman–Crippen LogP) is 4.42. The van der Waals surface area contributed by atoms with Crippen LogP contribution in [-0.2, 0) is 16.1 Å². The summed E-state index contributed by atoms with van der Waals surface area (Å²) in [5.74, 6) is -0.212. The summed E-state index contributed by atoms with van der Waals surface area (Å²) in [6.45, 7) is 5.97. The number of nitrogens with one attached hydrogen (secondary N) is 1. The highest BCUT2D eigenvalue weighted by molar-refractivity contribution is 7.58. The van der Waals surface area contributed by atoms with E-state index < -0.39 is 0 Å². The minimum Gasteiger partial charge on any atom is -0.327 e. The molecule has 1 unspecified atom stereocenters. The lowest BCUT2D eigenvalue weighted by molar-refractivity contribution is -0.117. The van der Waals surface area contributed by atoms with Crippen molar-refractivity contribution in [3.8, 4) is 0 Å². The molecule has 8 heteroatoms. The third-order valence-electron chi connectivity index (χ3n) is 3.23. The number of benzene rings is 1. The maximum Gasteiger partial charge on any atom is 0.226 e. The lowest BCUT2D eigenvalue weighted by Crippen LogP contribution is -2.38. The van der Waals surface area contributed by atoms with E-state index in [4.69, 9.17) is 28.9 Å². The maximum atomic E-state index is 12.1. The molecule has 0 fully saturated rings. The third kappa shape index (κ3) is 3.63. The quantitative estimate of drug-likeness (QED) is 0.862. The molecular weight excluding hydrogens is 331 g/mol. The summed E-state index contributed by atoms with van der Waals surface area (Å²) in [7, 11) is 0. The van der Waals surface area contributed by atoms with Gasteiger partial charge in [-0.2, -0.15) is 8.73 Å². The van der Waals surface area contributed by atoms with Crippen LogP contribution < -0.4 is 11.1 Å². The first-order valence-corrected chi connectivity index (χ1v) is 7.84. The molecule has 0 radical (unpaired) electrons. The molecule has 3 N–H and O–H groups in total. The average molecular weight is 347 g/mol. The van der Waals surface area contributed by atoms with Crippen molar-refractivity contribution >= 4 is 57.5 Å². The lowest BCUT2D eigenvalue weighted by atomic mass is 9.85. The summed E-state index contributed by atoms with van der Waals surface area (Å²) < 4.78 is 8.23. The molecule has 1 heterocycles. The number of amides is 1. The van der Waals surface area contributed by atoms with E-state index in [1.54, 1.807) is 6.07 Å². The summed E-state index contributed by atoms with van der Waals surface area (Å²) in [6.07, 6.45) is 0.196. The normalized spacial score (nSPS) is 14.6. The highest BCUT2D eigenvalue weighted by atomic mass is 35.5. The van der Waals surface area contributed by atoms with Gasteiger partial charge in [0.1, 0.15) is 11.4 Å². The second-order valence-corrected chi connectivity index (χ2v) is 7.24. The highest BCUT2D eigenvalue weighted by Crippen LogP contribution is 2.47. The monoisotopic (exact) mass is 346 g/mol. The number of hydrogen-bond donors (Lipinski definition) is 2. The lowest BCUT2D eigenvalue weighted by Gasteiger charge is -2.26. The molecule has 1 aromatic rings. The Kier molecular flexibility index (Phi) is 4.72. The molecule has 21 heavy (non-hydrogen) atoms. The van der Waals surface area contributed by atoms with E-state index >= 15 is 0 Å². The van der Waals surface area contributed by atoms with Gasteiger partial charge < -0.3 is 11.1 Å². The van der Waals surface area contributed by atoms with Crippen molar-refractivity contribution in [1.82, 2.24) is 0 Å². The van der Waals surface area contributed by atoms with Gasteiger partial charge in [0, 0.05) is 12.5 Å². The van der Waals surface area contributed by atoms with Crippen LogP contribution in [0.2, 0.25) is 10.0 Å². The minimum absolute atomic E-state index is 0.154. The van der Waals surface area contributed by atoms with Crippen LogP contribution >= 0.6 is 23.2 Å². The third-order valence-corrected chi connectivity index (χ3v) is 4.34. The van der Waals surface area contributed by atoms with Gasteiger partial charge in [-0.05, 0) is 11.5 Å². The molecule has 2 rings (SSSR count). The second kappa shape index (κ2) is 6.04. The van der Waals surface area contributed by atoms with Crippen LogP contribution in [0.15, 0.2) is 14.8 Å². The molecule has 5 nitrogen and oxygen atoms in total. The van der Waals surface area contributed by atoms with Gasteiger partial charge >= 0.3 is 0 Å². The fourth-order valence-electron chi connectivity index (χ4n) is 1.69. The van der Waals surface area contributed by atoms with Crippen molar-refractivity contribution in [2.75, 3.05) is 5.32 Å². The van der Waals surface area contributed by atoms with Gasteiger partial charge in [-0.3, -0.25) is 4.79 Å². The number of anilines is 1. The van der Waals surface area contributed by atoms with E-state index in [0.29, 0.717) is 27.1 Å². The van der Waals surface area contributed by atoms with Gasteiger partial charge in [-0.1, -0.05) is 44.0 Å². The Balaban J connectivity index is 2.20. The van der Waals surface area contributed by atoms with Crippen LogP contribution in [0.4, 0.5) is 17.1 Å². The molecule has 0 saturated carbocycles. The zero-order chi connectivity index (χ0) is 15.8. The van der Waals surface area contributed by atoms with E-state index in [-0.39, 0.29) is 23.8 Å². The standard InChI is InChI=1S/C13H16Cl2N4OS/c1-13(2,3)8(16)5-9(20)17-10-6(14)4-7(15)11-12(10)19-21-18-11/h4,8H,5,16H2,1-3H3,(H,17,20). The molecule has 114 valence electrons. The summed E-state index contributed by atoms with van der Waals surface area (Å²) in [5, 5.41) is 3.51. The Morgan fingerprint density at radius 3 is 2.57 bits per heavy atom. The highest BCUT2D eigenvalue weighted by Gasteiger charge is 2.25. The first kappa shape index (κ1) is 16.4. The Bertz CT molecular complexity index is 663. The van der Waals surface area contributed by atoms with Crippen LogP contribution in [0.5, 0.6) is 0 Å². The SMILES string of the molecule is CC(C)(C)C(N)CC(=O)Nc1c(Cl)cc(Cl)c2c1N=S=N2. The molecule has 1 atom stereocenters. The number of nitrogens with two attached hydrogens (primary N) is 1. The molecule has 0 aromatic heterocycles. The molecule has 1 amide bonds. The number of halogens is 2. The van der Waals surface area contributed by atoms with Gasteiger partial charge in [-0.15, -0.1) is 0 Å². The van der Waals surface area contributed by atoms with Gasteiger partial charge in [0.05, 0.1) is 27.1 Å². The van der Waals surface area contributed by atoms with Gasteiger partial charge in [0.25, 0.3) is 0 Å². The zero-order valence-electron chi connectivity index (χ0n) is 11.9. The van der Waals surface area contributed by atoms with Crippen LogP contribution in [0, 0.1) is 5.41 Å². The number of nitrogens with zero attached hydrogens (tertiary/aromatic N) is 2. The Morgan fingerprint density at radius 2 is 1.95 bits per heavy atom. The summed E-state index contributed by atoms with van der Waals surface area (Å²) in [5.41, 5.74) is 7.32. The molecule has 0 aliphatic carbocycles. The Labute approximate surface area is 137 Å². The van der Waals surface area contributed by atoms with Crippen LogP contribution in [-0.4, -0.2) is 11.9 Å². The smallest absolute Gasteiger partial charge is 0.226 e. The number of carbonyl (C=O) groups is 1. The number of carbonyl (C=O) groups excluding carboxylic acids is 1. The first-order valence-electron chi connectivity index (χ1n) is 6.36. The molecule has 0 bridgehead atoms. The molecule has 1 aliphatic heterocycles. The Morgan fingerprint density at radius 1 is 1.33 bits per heavy atom. The van der Waals surface area contributed by atoms with E-state index in [0.717, 1.165) is 11.4 Å². The van der Waals surface area contributed by atoms with Gasteiger partial charge in [0.15, 0.2) is 0 Å². The van der Waals surface area contributed by atoms with Gasteiger partial charge in [-0.25, -0.2) is 0 Å². The number of fused-ring (bicyclic) bond motifs is 1. The molecular formula is C13H16Cl2N4OS. The molecule has 1 aromatic carbocycles. The largest absolute Gasteiger partial charge is 0.327 e. The fourth-order valence-corrected chi connectivity index (χ4v) is 2.85. The van der Waals surface area contributed by atoms with E-state index in [2.05, 4.69) is 14.0 Å². The van der Waals surface area contributed by atoms with E-state index in [1.807, 2.05) is 20.8 Å².